The van der Waals surface area contributed by atoms with E-state index < -0.39 is 0 Å². The summed E-state index contributed by atoms with van der Waals surface area (Å²) in [6.45, 7) is 6.05. The first kappa shape index (κ1) is 11.3. The predicted molar refractivity (Wildman–Crippen MR) is 52.1 cm³/mol. The van der Waals surface area contributed by atoms with Crippen molar-refractivity contribution in [1.82, 2.24) is 5.32 Å². The molecule has 0 radical (unpaired) electrons. The molecule has 0 aliphatic heterocycles. The molecule has 0 bridgehead atoms. The van der Waals surface area contributed by atoms with E-state index in [0.717, 1.165) is 6.54 Å². The average Bonchev–Trinajstić information content (AvgIpc) is 2.04. The van der Waals surface area contributed by atoms with Crippen LogP contribution in [0.25, 0.3) is 0 Å². The van der Waals surface area contributed by atoms with Gasteiger partial charge in [0.15, 0.2) is 0 Å². The zero-order valence-corrected chi connectivity index (χ0v) is 8.54. The minimum absolute atomic E-state index is 0.662. The Bertz CT molecular complexity index is 123. The first-order valence-corrected chi connectivity index (χ1v) is 4.67. The van der Waals surface area contributed by atoms with E-state index >= 15 is 0 Å². The van der Waals surface area contributed by atoms with E-state index in [0.29, 0.717) is 17.5 Å². The molecule has 0 fully saturated rings. The van der Waals surface area contributed by atoms with Crippen LogP contribution in [0, 0.1) is 5.92 Å². The molecular weight excluding hydrogens is 181 g/mol. The lowest BCUT2D eigenvalue weighted by Crippen LogP contribution is -2.21. The quantitative estimate of drug-likeness (QED) is 0.712. The third-order valence-corrected chi connectivity index (χ3v) is 2.22. The molecule has 66 valence electrons. The molecule has 1 unspecified atom stereocenters. The molecule has 0 aromatic carbocycles. The van der Waals surface area contributed by atoms with E-state index in [1.165, 1.54) is 12.0 Å². The Morgan fingerprint density at radius 3 is 2.73 bits per heavy atom. The van der Waals surface area contributed by atoms with Gasteiger partial charge in [0.2, 0.25) is 0 Å². The van der Waals surface area contributed by atoms with Gasteiger partial charge in [-0.1, -0.05) is 43.5 Å². The van der Waals surface area contributed by atoms with Gasteiger partial charge in [-0.05, 0) is 12.5 Å². The van der Waals surface area contributed by atoms with Crippen molar-refractivity contribution in [3.05, 3.63) is 10.6 Å². The van der Waals surface area contributed by atoms with Crippen molar-refractivity contribution in [3.8, 4) is 0 Å². The summed E-state index contributed by atoms with van der Waals surface area (Å²) in [4.78, 5) is 0. The summed E-state index contributed by atoms with van der Waals surface area (Å²) in [5.74, 6) is 0.704. The van der Waals surface area contributed by atoms with Crippen LogP contribution in [0.3, 0.4) is 0 Å². The third-order valence-electron chi connectivity index (χ3n) is 1.60. The van der Waals surface area contributed by atoms with Gasteiger partial charge in [0, 0.05) is 17.1 Å². The highest BCUT2D eigenvalue weighted by Gasteiger charge is 1.97. The van der Waals surface area contributed by atoms with Crippen LogP contribution >= 0.6 is 23.2 Å². The molecule has 0 aliphatic carbocycles. The SMILES string of the molecule is CCC(C)CNCC(Cl)=CCl. The second-order valence-corrected chi connectivity index (χ2v) is 3.40. The minimum Gasteiger partial charge on any atom is -0.311 e. The maximum absolute atomic E-state index is 5.66. The van der Waals surface area contributed by atoms with Crippen LogP contribution in [-0.2, 0) is 0 Å². The van der Waals surface area contributed by atoms with Crippen molar-refractivity contribution in [1.29, 1.82) is 0 Å². The van der Waals surface area contributed by atoms with Crippen molar-refractivity contribution in [2.45, 2.75) is 20.3 Å². The number of halogens is 2. The molecule has 0 aromatic rings. The molecule has 0 aromatic heterocycles. The van der Waals surface area contributed by atoms with Gasteiger partial charge in [-0.2, -0.15) is 0 Å². The smallest absolute Gasteiger partial charge is 0.0431 e. The fourth-order valence-electron chi connectivity index (χ4n) is 0.621. The first-order valence-electron chi connectivity index (χ1n) is 3.86. The number of nitrogens with one attached hydrogen (secondary N) is 1. The molecule has 11 heavy (non-hydrogen) atoms. The maximum Gasteiger partial charge on any atom is 0.0431 e. The van der Waals surface area contributed by atoms with Crippen LogP contribution in [0.1, 0.15) is 20.3 Å². The molecular formula is C8H15Cl2N. The molecule has 0 amide bonds. The van der Waals surface area contributed by atoms with Gasteiger partial charge < -0.3 is 5.32 Å². The van der Waals surface area contributed by atoms with Crippen molar-refractivity contribution in [2.24, 2.45) is 5.92 Å². The van der Waals surface area contributed by atoms with E-state index in [1.807, 2.05) is 0 Å². The largest absolute Gasteiger partial charge is 0.311 e. The fraction of sp³-hybridized carbons (Fsp3) is 0.750. The van der Waals surface area contributed by atoms with Gasteiger partial charge in [0.25, 0.3) is 0 Å². The van der Waals surface area contributed by atoms with Crippen LogP contribution < -0.4 is 5.32 Å². The van der Waals surface area contributed by atoms with Crippen molar-refractivity contribution >= 4 is 23.2 Å². The second-order valence-electron chi connectivity index (χ2n) is 2.70. The van der Waals surface area contributed by atoms with Crippen LogP contribution in [-0.4, -0.2) is 13.1 Å². The molecule has 0 saturated heterocycles. The van der Waals surface area contributed by atoms with E-state index in [1.54, 1.807) is 0 Å². The van der Waals surface area contributed by atoms with Gasteiger partial charge in [0.05, 0.1) is 0 Å². The Kier molecular flexibility index (Phi) is 7.13. The summed E-state index contributed by atoms with van der Waals surface area (Å²) in [6.07, 6.45) is 1.19. The summed E-state index contributed by atoms with van der Waals surface area (Å²) >= 11 is 11.0. The Labute approximate surface area is 78.8 Å². The van der Waals surface area contributed by atoms with E-state index in [-0.39, 0.29) is 0 Å². The van der Waals surface area contributed by atoms with Crippen LogP contribution in [0.4, 0.5) is 0 Å². The summed E-state index contributed by atoms with van der Waals surface area (Å²) in [5.41, 5.74) is 1.39. The molecule has 1 N–H and O–H groups in total. The standard InChI is InChI=1S/C8H15Cl2N/c1-3-7(2)5-11-6-8(10)4-9/h4,7,11H,3,5-6H2,1-2H3. The van der Waals surface area contributed by atoms with E-state index in [4.69, 9.17) is 23.2 Å². The average molecular weight is 196 g/mol. The predicted octanol–water partition coefficient (Wildman–Crippen LogP) is 2.94. The number of hydrogen-bond acceptors (Lipinski definition) is 1. The van der Waals surface area contributed by atoms with Gasteiger partial charge >= 0.3 is 0 Å². The lowest BCUT2D eigenvalue weighted by atomic mass is 10.1. The Hall–Kier alpha value is 0.280. The molecule has 0 spiro atoms. The monoisotopic (exact) mass is 195 g/mol. The summed E-state index contributed by atoms with van der Waals surface area (Å²) in [6, 6.07) is 0. The number of rotatable bonds is 5. The van der Waals surface area contributed by atoms with Gasteiger partial charge in [-0.15, -0.1) is 0 Å². The molecule has 1 atom stereocenters. The zero-order valence-electron chi connectivity index (χ0n) is 7.03. The third kappa shape index (κ3) is 6.67. The van der Waals surface area contributed by atoms with E-state index in [2.05, 4.69) is 19.2 Å². The van der Waals surface area contributed by atoms with Crippen LogP contribution in [0.5, 0.6) is 0 Å². The van der Waals surface area contributed by atoms with E-state index in [9.17, 15) is 0 Å². The van der Waals surface area contributed by atoms with Crippen molar-refractivity contribution in [3.63, 3.8) is 0 Å². The molecule has 3 heteroatoms. The molecule has 0 saturated carbocycles. The summed E-state index contributed by atoms with van der Waals surface area (Å²) < 4.78 is 0. The lowest BCUT2D eigenvalue weighted by molar-refractivity contribution is 0.515. The highest BCUT2D eigenvalue weighted by molar-refractivity contribution is 6.36. The maximum atomic E-state index is 5.66. The molecule has 0 rings (SSSR count). The Balaban J connectivity index is 3.27. The van der Waals surface area contributed by atoms with Gasteiger partial charge in [-0.25, -0.2) is 0 Å². The highest BCUT2D eigenvalue weighted by Crippen LogP contribution is 2.02. The lowest BCUT2D eigenvalue weighted by Gasteiger charge is -2.08. The van der Waals surface area contributed by atoms with Gasteiger partial charge in [0.1, 0.15) is 0 Å². The topological polar surface area (TPSA) is 12.0 Å². The van der Waals surface area contributed by atoms with Crippen molar-refractivity contribution in [2.75, 3.05) is 13.1 Å². The molecule has 0 aliphatic rings. The van der Waals surface area contributed by atoms with Crippen LogP contribution in [0.2, 0.25) is 0 Å². The normalized spacial score (nSPS) is 15.1. The molecule has 1 nitrogen and oxygen atoms in total. The number of hydrogen-bond donors (Lipinski definition) is 1. The minimum atomic E-state index is 0.662. The van der Waals surface area contributed by atoms with Crippen LogP contribution in [0.15, 0.2) is 10.6 Å². The zero-order chi connectivity index (χ0) is 8.69. The fourth-order valence-corrected chi connectivity index (χ4v) is 0.793. The summed E-state index contributed by atoms with van der Waals surface area (Å²) in [5, 5.41) is 3.86. The second kappa shape index (κ2) is 6.96. The Morgan fingerprint density at radius 2 is 2.27 bits per heavy atom. The van der Waals surface area contributed by atoms with Crippen molar-refractivity contribution < 1.29 is 0 Å². The molecule has 0 heterocycles. The first-order chi connectivity index (χ1) is 5.20. The highest BCUT2D eigenvalue weighted by atomic mass is 35.5. The Morgan fingerprint density at radius 1 is 1.64 bits per heavy atom. The van der Waals surface area contributed by atoms with Gasteiger partial charge in [-0.3, -0.25) is 0 Å². The summed E-state index contributed by atoms with van der Waals surface area (Å²) in [7, 11) is 0.